The van der Waals surface area contributed by atoms with Crippen molar-refractivity contribution in [1.82, 2.24) is 15.1 Å². The molecule has 0 saturated heterocycles. The van der Waals surface area contributed by atoms with Gasteiger partial charge in [-0.3, -0.25) is 9.48 Å². The van der Waals surface area contributed by atoms with Crippen molar-refractivity contribution < 1.29 is 4.79 Å². The summed E-state index contributed by atoms with van der Waals surface area (Å²) in [6.07, 6.45) is 3.77. The number of aromatic nitrogens is 2. The van der Waals surface area contributed by atoms with Gasteiger partial charge in [-0.2, -0.15) is 5.10 Å². The minimum absolute atomic E-state index is 0.0146. The van der Waals surface area contributed by atoms with Crippen LogP contribution in [0.25, 0.3) is 11.1 Å². The van der Waals surface area contributed by atoms with Crippen molar-refractivity contribution >= 4 is 5.91 Å². The summed E-state index contributed by atoms with van der Waals surface area (Å²) in [5.74, 6) is 0.0146. The normalized spacial score (nSPS) is 13.7. The number of nitrogens with zero attached hydrogens (tertiary/aromatic N) is 2. The Morgan fingerprint density at radius 3 is 2.94 bits per heavy atom. The van der Waals surface area contributed by atoms with Crippen LogP contribution in [0.2, 0.25) is 0 Å². The summed E-state index contributed by atoms with van der Waals surface area (Å²) in [4.78, 5) is 11.5. The van der Waals surface area contributed by atoms with E-state index in [9.17, 15) is 4.79 Å². The van der Waals surface area contributed by atoms with Gasteiger partial charge < -0.3 is 5.32 Å². The molecule has 1 aromatic carbocycles. The van der Waals surface area contributed by atoms with Crippen molar-refractivity contribution in [3.8, 4) is 11.1 Å². The molecule has 0 aliphatic carbocycles. The monoisotopic (exact) mass is 213 g/mol. The third-order valence-corrected chi connectivity index (χ3v) is 2.86. The van der Waals surface area contributed by atoms with Crippen molar-refractivity contribution in [3.05, 3.63) is 41.7 Å². The number of carbonyl (C=O) groups excluding carboxylic acids is 1. The Kier molecular flexibility index (Phi) is 1.83. The second kappa shape index (κ2) is 3.20. The molecular weight excluding hydrogens is 202 g/mol. The first-order chi connectivity index (χ1) is 7.75. The van der Waals surface area contributed by atoms with E-state index in [4.69, 9.17) is 0 Å². The Morgan fingerprint density at radius 1 is 1.38 bits per heavy atom. The number of aryl methyl sites for hydroxylation is 1. The maximum Gasteiger partial charge on any atom is 0.251 e. The molecule has 0 spiro atoms. The lowest BCUT2D eigenvalue weighted by Crippen LogP contribution is -2.12. The number of hydrogen-bond acceptors (Lipinski definition) is 2. The van der Waals surface area contributed by atoms with E-state index >= 15 is 0 Å². The number of amides is 1. The Labute approximate surface area is 92.9 Å². The molecule has 1 aromatic heterocycles. The smallest absolute Gasteiger partial charge is 0.251 e. The van der Waals surface area contributed by atoms with Crippen LogP contribution < -0.4 is 5.32 Å². The molecule has 1 aliphatic rings. The molecule has 0 radical (unpaired) electrons. The lowest BCUT2D eigenvalue weighted by molar-refractivity contribution is 0.0966. The van der Waals surface area contributed by atoms with E-state index in [1.54, 1.807) is 4.68 Å². The zero-order valence-electron chi connectivity index (χ0n) is 8.90. The largest absolute Gasteiger partial charge is 0.348 e. The fraction of sp³-hybridized carbons (Fsp3) is 0.167. The lowest BCUT2D eigenvalue weighted by Gasteiger charge is -2.03. The van der Waals surface area contributed by atoms with Crippen LogP contribution in [0.1, 0.15) is 15.9 Å². The van der Waals surface area contributed by atoms with Gasteiger partial charge in [0, 0.05) is 30.9 Å². The Balaban J connectivity index is 2.19. The predicted octanol–water partition coefficient (Wildman–Crippen LogP) is 1.33. The van der Waals surface area contributed by atoms with Gasteiger partial charge >= 0.3 is 0 Å². The number of hydrogen-bond donors (Lipinski definition) is 1. The summed E-state index contributed by atoms with van der Waals surface area (Å²) >= 11 is 0. The van der Waals surface area contributed by atoms with Crippen molar-refractivity contribution in [2.45, 2.75) is 6.54 Å². The first-order valence-corrected chi connectivity index (χ1v) is 5.15. The van der Waals surface area contributed by atoms with Gasteiger partial charge in [0.15, 0.2) is 0 Å². The first kappa shape index (κ1) is 9.15. The highest BCUT2D eigenvalue weighted by Crippen LogP contribution is 2.28. The maximum absolute atomic E-state index is 11.5. The quantitative estimate of drug-likeness (QED) is 0.776. The molecule has 80 valence electrons. The zero-order chi connectivity index (χ0) is 11.1. The standard InChI is InChI=1S/C12H11N3O/c1-15-7-8(5-14-15)9-3-2-4-10-11(9)6-13-12(10)16/h2-5,7H,6H2,1H3,(H,13,16). The third-order valence-electron chi connectivity index (χ3n) is 2.86. The second-order valence-corrected chi connectivity index (χ2v) is 3.92. The maximum atomic E-state index is 11.5. The molecule has 1 amide bonds. The zero-order valence-corrected chi connectivity index (χ0v) is 8.90. The predicted molar refractivity (Wildman–Crippen MR) is 59.8 cm³/mol. The van der Waals surface area contributed by atoms with Gasteiger partial charge in [0.1, 0.15) is 0 Å². The van der Waals surface area contributed by atoms with Gasteiger partial charge in [0.2, 0.25) is 0 Å². The molecular formula is C12H11N3O. The van der Waals surface area contributed by atoms with Crippen molar-refractivity contribution in [2.75, 3.05) is 0 Å². The van der Waals surface area contributed by atoms with Crippen LogP contribution in [0.3, 0.4) is 0 Å². The van der Waals surface area contributed by atoms with E-state index in [-0.39, 0.29) is 5.91 Å². The number of rotatable bonds is 1. The Hall–Kier alpha value is -2.10. The van der Waals surface area contributed by atoms with E-state index in [0.29, 0.717) is 6.54 Å². The fourth-order valence-corrected chi connectivity index (χ4v) is 2.08. The van der Waals surface area contributed by atoms with Gasteiger partial charge in [-0.25, -0.2) is 0 Å². The summed E-state index contributed by atoms with van der Waals surface area (Å²) in [5.41, 5.74) is 3.99. The summed E-state index contributed by atoms with van der Waals surface area (Å²) < 4.78 is 1.76. The molecule has 0 saturated carbocycles. The highest BCUT2D eigenvalue weighted by Gasteiger charge is 2.21. The van der Waals surface area contributed by atoms with E-state index in [0.717, 1.165) is 22.3 Å². The molecule has 0 bridgehead atoms. The molecule has 3 rings (SSSR count). The van der Waals surface area contributed by atoms with Crippen LogP contribution in [0.5, 0.6) is 0 Å². The Bertz CT molecular complexity index is 571. The van der Waals surface area contributed by atoms with Gasteiger partial charge in [-0.1, -0.05) is 12.1 Å². The molecule has 2 aromatic rings. The summed E-state index contributed by atoms with van der Waals surface area (Å²) in [5, 5.41) is 6.98. The number of benzene rings is 1. The first-order valence-electron chi connectivity index (χ1n) is 5.15. The molecule has 0 fully saturated rings. The van der Waals surface area contributed by atoms with Gasteiger partial charge in [-0.15, -0.1) is 0 Å². The lowest BCUT2D eigenvalue weighted by atomic mass is 9.99. The van der Waals surface area contributed by atoms with E-state index in [1.807, 2.05) is 37.6 Å². The minimum atomic E-state index is 0.0146. The number of fused-ring (bicyclic) bond motifs is 1. The van der Waals surface area contributed by atoms with Gasteiger partial charge in [0.05, 0.1) is 6.20 Å². The molecule has 1 aliphatic heterocycles. The van der Waals surface area contributed by atoms with Crippen LogP contribution >= 0.6 is 0 Å². The molecule has 16 heavy (non-hydrogen) atoms. The third kappa shape index (κ3) is 1.23. The molecule has 4 heteroatoms. The van der Waals surface area contributed by atoms with Crippen LogP contribution in [0.4, 0.5) is 0 Å². The van der Waals surface area contributed by atoms with Crippen LogP contribution in [-0.2, 0) is 13.6 Å². The second-order valence-electron chi connectivity index (χ2n) is 3.92. The summed E-state index contributed by atoms with van der Waals surface area (Å²) in [7, 11) is 1.88. The molecule has 2 heterocycles. The SMILES string of the molecule is Cn1cc(-c2cccc3c2CNC3=O)cn1. The van der Waals surface area contributed by atoms with E-state index in [1.165, 1.54) is 0 Å². The fourth-order valence-electron chi connectivity index (χ4n) is 2.08. The highest BCUT2D eigenvalue weighted by atomic mass is 16.1. The number of nitrogens with one attached hydrogen (secondary N) is 1. The van der Waals surface area contributed by atoms with E-state index < -0.39 is 0 Å². The van der Waals surface area contributed by atoms with Crippen molar-refractivity contribution in [2.24, 2.45) is 7.05 Å². The van der Waals surface area contributed by atoms with Crippen LogP contribution in [-0.4, -0.2) is 15.7 Å². The minimum Gasteiger partial charge on any atom is -0.348 e. The Morgan fingerprint density at radius 2 is 2.19 bits per heavy atom. The average Bonchev–Trinajstić information content (AvgIpc) is 2.86. The molecule has 0 unspecified atom stereocenters. The number of carbonyl (C=O) groups is 1. The molecule has 4 nitrogen and oxygen atoms in total. The highest BCUT2D eigenvalue weighted by molar-refractivity contribution is 6.00. The van der Waals surface area contributed by atoms with Crippen LogP contribution in [0, 0.1) is 0 Å². The molecule has 0 atom stereocenters. The summed E-state index contributed by atoms with van der Waals surface area (Å²) in [6, 6.07) is 5.79. The molecule has 1 N–H and O–H groups in total. The van der Waals surface area contributed by atoms with Crippen molar-refractivity contribution in [1.29, 1.82) is 0 Å². The van der Waals surface area contributed by atoms with Gasteiger partial charge in [0.25, 0.3) is 5.91 Å². The van der Waals surface area contributed by atoms with Gasteiger partial charge in [-0.05, 0) is 17.2 Å². The average molecular weight is 213 g/mol. The topological polar surface area (TPSA) is 46.9 Å². The van der Waals surface area contributed by atoms with Crippen molar-refractivity contribution in [3.63, 3.8) is 0 Å². The van der Waals surface area contributed by atoms with Crippen LogP contribution in [0.15, 0.2) is 30.6 Å². The summed E-state index contributed by atoms with van der Waals surface area (Å²) in [6.45, 7) is 0.610. The van der Waals surface area contributed by atoms with E-state index in [2.05, 4.69) is 10.4 Å².